The number of carbonyl (C=O) groups is 1. The van der Waals surface area contributed by atoms with Crippen LogP contribution in [0.1, 0.15) is 12.8 Å². The quantitative estimate of drug-likeness (QED) is 0.671. The Morgan fingerprint density at radius 3 is 2.67 bits per heavy atom. The molecule has 2 aromatic carbocycles. The zero-order valence-corrected chi connectivity index (χ0v) is 16.1. The van der Waals surface area contributed by atoms with Crippen molar-refractivity contribution < 1.29 is 9.18 Å². The third-order valence-corrected chi connectivity index (χ3v) is 5.58. The van der Waals surface area contributed by atoms with Crippen LogP contribution in [0, 0.1) is 11.7 Å². The fraction of sp³-hybridized carbons (Fsp3) is 0.250. The number of anilines is 2. The molecule has 1 aliphatic rings. The van der Waals surface area contributed by atoms with E-state index in [-0.39, 0.29) is 17.6 Å². The largest absolute Gasteiger partial charge is 0.356 e. The summed E-state index contributed by atoms with van der Waals surface area (Å²) in [5, 5.41) is 3.69. The molecule has 2 heterocycles. The topological polar surface area (TPSA) is 58.1 Å². The minimum atomic E-state index is -0.348. The highest BCUT2D eigenvalue weighted by molar-refractivity contribution is 9.10. The SMILES string of the molecule is O=C(Nc1ccccc1Br)C1CCN(c2ncnc3c(F)cccc23)CC1. The van der Waals surface area contributed by atoms with Crippen molar-refractivity contribution in [1.82, 2.24) is 9.97 Å². The number of benzene rings is 2. The highest BCUT2D eigenvalue weighted by atomic mass is 79.9. The van der Waals surface area contributed by atoms with Gasteiger partial charge in [-0.25, -0.2) is 14.4 Å². The number of aromatic nitrogens is 2. The number of hydrogen-bond acceptors (Lipinski definition) is 4. The van der Waals surface area contributed by atoms with Crippen LogP contribution in [-0.2, 0) is 4.79 Å². The Bertz CT molecular complexity index is 989. The molecule has 1 N–H and O–H groups in total. The molecule has 0 spiro atoms. The van der Waals surface area contributed by atoms with Gasteiger partial charge in [-0.1, -0.05) is 18.2 Å². The first-order valence-electron chi connectivity index (χ1n) is 8.83. The molecule has 1 amide bonds. The number of nitrogens with one attached hydrogen (secondary N) is 1. The number of para-hydroxylation sites is 2. The van der Waals surface area contributed by atoms with E-state index in [1.54, 1.807) is 6.07 Å². The lowest BCUT2D eigenvalue weighted by Gasteiger charge is -2.32. The lowest BCUT2D eigenvalue weighted by Crippen LogP contribution is -2.38. The highest BCUT2D eigenvalue weighted by Gasteiger charge is 2.27. The molecule has 27 heavy (non-hydrogen) atoms. The molecule has 1 aromatic heterocycles. The van der Waals surface area contributed by atoms with Crippen molar-refractivity contribution in [2.45, 2.75) is 12.8 Å². The lowest BCUT2D eigenvalue weighted by molar-refractivity contribution is -0.120. The molecule has 0 radical (unpaired) electrons. The summed E-state index contributed by atoms with van der Waals surface area (Å²) in [4.78, 5) is 23.1. The van der Waals surface area contributed by atoms with Gasteiger partial charge in [0.15, 0.2) is 0 Å². The molecular weight excluding hydrogens is 411 g/mol. The summed E-state index contributed by atoms with van der Waals surface area (Å²) in [6.07, 6.45) is 2.83. The zero-order chi connectivity index (χ0) is 18.8. The molecular formula is C20H18BrFN4O. The van der Waals surface area contributed by atoms with Crippen LogP contribution in [-0.4, -0.2) is 29.0 Å². The summed E-state index contributed by atoms with van der Waals surface area (Å²) in [6.45, 7) is 1.38. The standard InChI is InChI=1S/C20H18BrFN4O/c21-15-5-1-2-7-17(15)25-20(27)13-8-10-26(11-9-13)19-14-4-3-6-16(22)18(14)23-12-24-19/h1-7,12-13H,8-11H2,(H,25,27). The van der Waals surface area contributed by atoms with E-state index in [9.17, 15) is 9.18 Å². The summed E-state index contributed by atoms with van der Waals surface area (Å²) in [5.74, 6) is 0.348. The molecule has 0 bridgehead atoms. The van der Waals surface area contributed by atoms with E-state index in [0.29, 0.717) is 24.0 Å². The fourth-order valence-corrected chi connectivity index (χ4v) is 3.82. The van der Waals surface area contributed by atoms with Crippen molar-refractivity contribution >= 4 is 44.2 Å². The summed E-state index contributed by atoms with van der Waals surface area (Å²) in [7, 11) is 0. The van der Waals surface area contributed by atoms with Crippen molar-refractivity contribution in [3.8, 4) is 0 Å². The third kappa shape index (κ3) is 3.64. The van der Waals surface area contributed by atoms with E-state index >= 15 is 0 Å². The van der Waals surface area contributed by atoms with Crippen molar-refractivity contribution in [2.75, 3.05) is 23.3 Å². The molecule has 1 saturated heterocycles. The lowest BCUT2D eigenvalue weighted by atomic mass is 9.95. The summed E-state index contributed by atoms with van der Waals surface area (Å²) >= 11 is 3.45. The van der Waals surface area contributed by atoms with E-state index in [0.717, 1.165) is 28.8 Å². The zero-order valence-electron chi connectivity index (χ0n) is 14.5. The second-order valence-corrected chi connectivity index (χ2v) is 7.42. The van der Waals surface area contributed by atoms with Gasteiger partial charge in [-0.05, 0) is 53.0 Å². The Morgan fingerprint density at radius 2 is 1.89 bits per heavy atom. The summed E-state index contributed by atoms with van der Waals surface area (Å²) in [5.41, 5.74) is 1.11. The van der Waals surface area contributed by atoms with Crippen molar-refractivity contribution in [2.24, 2.45) is 5.92 Å². The Hall–Kier alpha value is -2.54. The Labute approximate surface area is 164 Å². The first-order chi connectivity index (χ1) is 13.1. The van der Waals surface area contributed by atoms with Gasteiger partial charge in [-0.2, -0.15) is 0 Å². The van der Waals surface area contributed by atoms with E-state index in [1.165, 1.54) is 12.4 Å². The molecule has 0 atom stereocenters. The van der Waals surface area contributed by atoms with E-state index < -0.39 is 0 Å². The van der Waals surface area contributed by atoms with Gasteiger partial charge in [0.05, 0.1) is 5.69 Å². The average molecular weight is 429 g/mol. The number of halogens is 2. The van der Waals surface area contributed by atoms with Crippen molar-refractivity contribution in [3.05, 3.63) is 59.1 Å². The molecule has 5 nitrogen and oxygen atoms in total. The van der Waals surface area contributed by atoms with Gasteiger partial charge in [-0.3, -0.25) is 4.79 Å². The smallest absolute Gasteiger partial charge is 0.227 e. The van der Waals surface area contributed by atoms with Gasteiger partial charge < -0.3 is 10.2 Å². The van der Waals surface area contributed by atoms with Gasteiger partial charge in [0.2, 0.25) is 5.91 Å². The van der Waals surface area contributed by atoms with Crippen LogP contribution in [0.3, 0.4) is 0 Å². The Kier molecular flexibility index (Phi) is 5.03. The fourth-order valence-electron chi connectivity index (χ4n) is 3.44. The van der Waals surface area contributed by atoms with E-state index in [2.05, 4.69) is 36.1 Å². The molecule has 7 heteroatoms. The summed E-state index contributed by atoms with van der Waals surface area (Å²) < 4.78 is 14.8. The minimum Gasteiger partial charge on any atom is -0.356 e. The van der Waals surface area contributed by atoms with Crippen LogP contribution in [0.25, 0.3) is 10.9 Å². The predicted octanol–water partition coefficient (Wildman–Crippen LogP) is 4.39. The number of rotatable bonds is 3. The van der Waals surface area contributed by atoms with Crippen molar-refractivity contribution in [3.63, 3.8) is 0 Å². The number of amides is 1. The molecule has 138 valence electrons. The van der Waals surface area contributed by atoms with Crippen molar-refractivity contribution in [1.29, 1.82) is 0 Å². The number of hydrogen-bond donors (Lipinski definition) is 1. The van der Waals surface area contributed by atoms with E-state index in [1.807, 2.05) is 30.3 Å². The van der Waals surface area contributed by atoms with Gasteiger partial charge in [0.1, 0.15) is 23.5 Å². The number of piperidine rings is 1. The molecule has 1 aliphatic heterocycles. The Balaban J connectivity index is 1.46. The monoisotopic (exact) mass is 428 g/mol. The van der Waals surface area contributed by atoms with Gasteiger partial charge in [0.25, 0.3) is 0 Å². The Morgan fingerprint density at radius 1 is 1.11 bits per heavy atom. The number of fused-ring (bicyclic) bond motifs is 1. The minimum absolute atomic E-state index is 0.0279. The van der Waals surface area contributed by atoms with Gasteiger partial charge in [-0.15, -0.1) is 0 Å². The van der Waals surface area contributed by atoms with Crippen LogP contribution in [0.4, 0.5) is 15.9 Å². The van der Waals surface area contributed by atoms with Gasteiger partial charge in [0, 0.05) is 28.9 Å². The van der Waals surface area contributed by atoms with Crippen LogP contribution < -0.4 is 10.2 Å². The van der Waals surface area contributed by atoms with E-state index in [4.69, 9.17) is 0 Å². The maximum Gasteiger partial charge on any atom is 0.227 e. The molecule has 1 fully saturated rings. The molecule has 0 aliphatic carbocycles. The maximum atomic E-state index is 14.0. The summed E-state index contributed by atoms with van der Waals surface area (Å²) in [6, 6.07) is 12.5. The molecule has 0 saturated carbocycles. The van der Waals surface area contributed by atoms with Crippen LogP contribution in [0.15, 0.2) is 53.3 Å². The van der Waals surface area contributed by atoms with Gasteiger partial charge >= 0.3 is 0 Å². The van der Waals surface area contributed by atoms with Crippen LogP contribution >= 0.6 is 15.9 Å². The first kappa shape index (κ1) is 17.9. The first-order valence-corrected chi connectivity index (χ1v) is 9.62. The highest BCUT2D eigenvalue weighted by Crippen LogP contribution is 2.29. The predicted molar refractivity (Wildman–Crippen MR) is 107 cm³/mol. The van der Waals surface area contributed by atoms with Crippen LogP contribution in [0.5, 0.6) is 0 Å². The third-order valence-electron chi connectivity index (χ3n) is 4.89. The molecule has 4 rings (SSSR count). The molecule has 3 aromatic rings. The number of nitrogens with zero attached hydrogens (tertiary/aromatic N) is 3. The molecule has 0 unspecified atom stereocenters. The normalized spacial score (nSPS) is 15.1. The number of carbonyl (C=O) groups excluding carboxylic acids is 1. The van der Waals surface area contributed by atoms with Crippen LogP contribution in [0.2, 0.25) is 0 Å². The second kappa shape index (κ2) is 7.60. The average Bonchev–Trinajstić information content (AvgIpc) is 2.70. The maximum absolute atomic E-state index is 14.0. The second-order valence-electron chi connectivity index (χ2n) is 6.56.